The van der Waals surface area contributed by atoms with Gasteiger partial charge in [-0.1, -0.05) is 37.3 Å². The van der Waals surface area contributed by atoms with Gasteiger partial charge in [-0.15, -0.1) is 24.8 Å². The molecule has 2 aliphatic rings. The summed E-state index contributed by atoms with van der Waals surface area (Å²) >= 11 is 0. The molecule has 2 fully saturated rings. The lowest BCUT2D eigenvalue weighted by molar-refractivity contribution is 0.0299. The van der Waals surface area contributed by atoms with Crippen molar-refractivity contribution in [3.05, 3.63) is 90.2 Å². The Kier molecular flexibility index (Phi) is 10.4. The second kappa shape index (κ2) is 13.3. The number of urea groups is 1. The Bertz CT molecular complexity index is 1160. The lowest BCUT2D eigenvalue weighted by atomic mass is 9.71. The second-order valence-corrected chi connectivity index (χ2v) is 10.2. The van der Waals surface area contributed by atoms with E-state index in [1.54, 1.807) is 12.1 Å². The summed E-state index contributed by atoms with van der Waals surface area (Å²) < 4.78 is 13.2. The number of hydrogen-bond acceptors (Lipinski definition) is 3. The number of amides is 2. The third kappa shape index (κ3) is 6.79. The van der Waals surface area contributed by atoms with Crippen LogP contribution in [-0.2, 0) is 5.54 Å². The number of piperazine rings is 1. The SMILES string of the molecule is CC1CCC(c2cccc(NC(=O)Nc3ccc(F)cc3)c2)(N2CCN(c3ccccc3)CC2)CC1.Cl.Cl. The Hall–Kier alpha value is -2.80. The van der Waals surface area contributed by atoms with Crippen LogP contribution in [0.25, 0.3) is 0 Å². The third-order valence-electron chi connectivity index (χ3n) is 7.87. The van der Waals surface area contributed by atoms with Crippen LogP contribution in [0.2, 0.25) is 0 Å². The van der Waals surface area contributed by atoms with Gasteiger partial charge in [-0.2, -0.15) is 0 Å². The highest BCUT2D eigenvalue weighted by Gasteiger charge is 2.42. The molecule has 5 nitrogen and oxygen atoms in total. The minimum atomic E-state index is -0.332. The quantitative estimate of drug-likeness (QED) is 0.340. The van der Waals surface area contributed by atoms with Crippen molar-refractivity contribution in [3.63, 3.8) is 0 Å². The molecule has 0 spiro atoms. The van der Waals surface area contributed by atoms with Crippen LogP contribution >= 0.6 is 24.8 Å². The van der Waals surface area contributed by atoms with Gasteiger partial charge in [0.25, 0.3) is 0 Å². The van der Waals surface area contributed by atoms with Crippen LogP contribution in [0.3, 0.4) is 0 Å². The molecule has 3 aromatic carbocycles. The van der Waals surface area contributed by atoms with Crippen molar-refractivity contribution in [1.82, 2.24) is 4.90 Å². The Morgan fingerprint density at radius 2 is 1.45 bits per heavy atom. The smallest absolute Gasteiger partial charge is 0.323 e. The predicted octanol–water partition coefficient (Wildman–Crippen LogP) is 7.54. The largest absolute Gasteiger partial charge is 0.369 e. The maximum atomic E-state index is 13.2. The number of halogens is 3. The highest BCUT2D eigenvalue weighted by atomic mass is 35.5. The molecular formula is C30H37Cl2FN4O. The molecule has 5 rings (SSSR count). The van der Waals surface area contributed by atoms with Crippen LogP contribution in [0.15, 0.2) is 78.9 Å². The van der Waals surface area contributed by atoms with Crippen LogP contribution in [-0.4, -0.2) is 37.1 Å². The summed E-state index contributed by atoms with van der Waals surface area (Å²) in [6.07, 6.45) is 4.68. The fourth-order valence-electron chi connectivity index (χ4n) is 5.77. The lowest BCUT2D eigenvalue weighted by Gasteiger charge is -2.51. The second-order valence-electron chi connectivity index (χ2n) is 10.2. The Labute approximate surface area is 237 Å². The van der Waals surface area contributed by atoms with Gasteiger partial charge in [0.1, 0.15) is 5.82 Å². The molecule has 1 saturated carbocycles. The Morgan fingerprint density at radius 1 is 0.816 bits per heavy atom. The van der Waals surface area contributed by atoms with E-state index < -0.39 is 0 Å². The van der Waals surface area contributed by atoms with Gasteiger partial charge in [0.05, 0.1) is 0 Å². The van der Waals surface area contributed by atoms with Gasteiger partial charge < -0.3 is 15.5 Å². The van der Waals surface area contributed by atoms with Gasteiger partial charge in [-0.3, -0.25) is 4.90 Å². The molecule has 0 radical (unpaired) electrons. The Balaban J connectivity index is 0.00000200. The first-order valence-electron chi connectivity index (χ1n) is 13.0. The number of hydrogen-bond donors (Lipinski definition) is 2. The summed E-state index contributed by atoms with van der Waals surface area (Å²) in [5.74, 6) is 0.414. The van der Waals surface area contributed by atoms with Crippen molar-refractivity contribution in [2.75, 3.05) is 41.7 Å². The van der Waals surface area contributed by atoms with Crippen LogP contribution in [0.4, 0.5) is 26.2 Å². The summed E-state index contributed by atoms with van der Waals surface area (Å²) in [4.78, 5) is 17.8. The summed E-state index contributed by atoms with van der Waals surface area (Å²) in [6, 6.07) is 24.5. The van der Waals surface area contributed by atoms with Gasteiger partial charge in [0.15, 0.2) is 0 Å². The van der Waals surface area contributed by atoms with E-state index in [2.05, 4.69) is 69.8 Å². The number of rotatable bonds is 5. The number of nitrogens with one attached hydrogen (secondary N) is 2. The molecular weight excluding hydrogens is 522 g/mol. The number of para-hydroxylation sites is 1. The Morgan fingerprint density at radius 3 is 2.11 bits per heavy atom. The number of anilines is 3. The molecule has 1 aliphatic carbocycles. The highest BCUT2D eigenvalue weighted by molar-refractivity contribution is 5.99. The first kappa shape index (κ1) is 29.8. The van der Waals surface area contributed by atoms with Crippen molar-refractivity contribution in [2.24, 2.45) is 5.92 Å². The number of nitrogens with zero attached hydrogens (tertiary/aromatic N) is 2. The van der Waals surface area contributed by atoms with E-state index in [0.717, 1.165) is 50.6 Å². The van der Waals surface area contributed by atoms with Crippen molar-refractivity contribution < 1.29 is 9.18 Å². The molecule has 1 saturated heterocycles. The van der Waals surface area contributed by atoms with Gasteiger partial charge in [-0.25, -0.2) is 9.18 Å². The minimum absolute atomic E-state index is 0. The minimum Gasteiger partial charge on any atom is -0.369 e. The monoisotopic (exact) mass is 558 g/mol. The first-order chi connectivity index (χ1) is 17.5. The zero-order valence-electron chi connectivity index (χ0n) is 21.7. The molecule has 3 aromatic rings. The van der Waals surface area contributed by atoms with E-state index in [1.807, 2.05) is 12.1 Å². The van der Waals surface area contributed by atoms with Crippen LogP contribution in [0.1, 0.15) is 38.2 Å². The highest BCUT2D eigenvalue weighted by Crippen LogP contribution is 2.45. The molecule has 2 amide bonds. The average Bonchev–Trinajstić information content (AvgIpc) is 2.91. The van der Waals surface area contributed by atoms with E-state index in [0.29, 0.717) is 5.69 Å². The molecule has 38 heavy (non-hydrogen) atoms. The number of carbonyl (C=O) groups excluding carboxylic acids is 1. The molecule has 8 heteroatoms. The van der Waals surface area contributed by atoms with E-state index >= 15 is 0 Å². The molecule has 0 atom stereocenters. The van der Waals surface area contributed by atoms with Gasteiger partial charge in [0.2, 0.25) is 0 Å². The maximum absolute atomic E-state index is 13.2. The van der Waals surface area contributed by atoms with Gasteiger partial charge in [-0.05, 0) is 85.7 Å². The van der Waals surface area contributed by atoms with Gasteiger partial charge >= 0.3 is 6.03 Å². The number of benzene rings is 3. The average molecular weight is 560 g/mol. The van der Waals surface area contributed by atoms with Crippen molar-refractivity contribution >= 4 is 47.9 Å². The van der Waals surface area contributed by atoms with Crippen molar-refractivity contribution in [1.29, 1.82) is 0 Å². The third-order valence-corrected chi connectivity index (χ3v) is 7.87. The number of carbonyl (C=O) groups is 1. The first-order valence-corrected chi connectivity index (χ1v) is 13.0. The molecule has 0 aromatic heterocycles. The molecule has 1 aliphatic heterocycles. The van der Waals surface area contributed by atoms with Crippen molar-refractivity contribution in [2.45, 2.75) is 38.1 Å². The molecule has 0 unspecified atom stereocenters. The molecule has 1 heterocycles. The topological polar surface area (TPSA) is 47.6 Å². The molecule has 2 N–H and O–H groups in total. The summed E-state index contributed by atoms with van der Waals surface area (Å²) in [6.45, 7) is 6.42. The van der Waals surface area contributed by atoms with Crippen LogP contribution in [0, 0.1) is 11.7 Å². The van der Waals surface area contributed by atoms with Gasteiger partial charge in [0, 0.05) is 48.8 Å². The van der Waals surface area contributed by atoms with E-state index in [-0.39, 0.29) is 42.2 Å². The van der Waals surface area contributed by atoms with Crippen LogP contribution < -0.4 is 15.5 Å². The maximum Gasteiger partial charge on any atom is 0.323 e. The fraction of sp³-hybridized carbons (Fsp3) is 0.367. The predicted molar refractivity (Wildman–Crippen MR) is 160 cm³/mol. The normalized spacial score (nSPS) is 21.5. The van der Waals surface area contributed by atoms with E-state index in [1.165, 1.54) is 36.2 Å². The lowest BCUT2D eigenvalue weighted by Crippen LogP contribution is -2.56. The zero-order valence-corrected chi connectivity index (χ0v) is 23.4. The fourth-order valence-corrected chi connectivity index (χ4v) is 5.77. The van der Waals surface area contributed by atoms with Crippen molar-refractivity contribution in [3.8, 4) is 0 Å². The van der Waals surface area contributed by atoms with Crippen LogP contribution in [0.5, 0.6) is 0 Å². The standard InChI is InChI=1S/C30H35FN4O.2ClH/c1-23-14-16-30(17-15-23,35-20-18-34(19-21-35)28-8-3-2-4-9-28)24-6-5-7-27(22-24)33-29(36)32-26-12-10-25(31)11-13-26;;/h2-13,22-23H,14-21H2,1H3,(H2,32,33,36);2*1H. The van der Waals surface area contributed by atoms with E-state index in [9.17, 15) is 9.18 Å². The summed E-state index contributed by atoms with van der Waals surface area (Å²) in [7, 11) is 0. The molecule has 204 valence electrons. The summed E-state index contributed by atoms with van der Waals surface area (Å²) in [5, 5.41) is 5.75. The molecule has 0 bridgehead atoms. The zero-order chi connectivity index (χ0) is 25.0. The van der Waals surface area contributed by atoms with E-state index in [4.69, 9.17) is 0 Å². The summed E-state index contributed by atoms with van der Waals surface area (Å²) in [5.41, 5.74) is 3.89.